The molecule has 0 saturated carbocycles. The maximum atomic E-state index is 6.02. The predicted molar refractivity (Wildman–Crippen MR) is 78.7 cm³/mol. The summed E-state index contributed by atoms with van der Waals surface area (Å²) < 4.78 is 7.39. The molecule has 0 amide bonds. The van der Waals surface area contributed by atoms with E-state index in [9.17, 15) is 0 Å². The van der Waals surface area contributed by atoms with Crippen molar-refractivity contribution < 1.29 is 4.74 Å². The van der Waals surface area contributed by atoms with Crippen LogP contribution in [0, 0.1) is 6.92 Å². The van der Waals surface area contributed by atoms with Gasteiger partial charge in [0.2, 0.25) is 5.88 Å². The number of aromatic nitrogens is 2. The lowest BCUT2D eigenvalue weighted by molar-refractivity contribution is 0.296. The second-order valence-electron chi connectivity index (χ2n) is 4.34. The predicted octanol–water partition coefficient (Wildman–Crippen LogP) is 4.67. The lowest BCUT2D eigenvalue weighted by Crippen LogP contribution is -2.00. The molecule has 1 aromatic carbocycles. The van der Waals surface area contributed by atoms with Crippen molar-refractivity contribution in [2.45, 2.75) is 26.7 Å². The summed E-state index contributed by atoms with van der Waals surface area (Å²) in [5, 5.41) is 5.47. The Morgan fingerprint density at radius 1 is 1.21 bits per heavy atom. The van der Waals surface area contributed by atoms with E-state index in [1.807, 2.05) is 19.1 Å². The molecule has 5 heteroatoms. The SMILES string of the molecule is CCCCOc1cc(C)n(-c2ccc(Cl)c(Cl)c2)n1. The molecule has 1 heterocycles. The Morgan fingerprint density at radius 3 is 2.68 bits per heavy atom. The van der Waals surface area contributed by atoms with E-state index < -0.39 is 0 Å². The Kier molecular flexibility index (Phi) is 4.72. The molecule has 2 rings (SSSR count). The molecule has 2 aromatic rings. The summed E-state index contributed by atoms with van der Waals surface area (Å²) in [7, 11) is 0. The Balaban J connectivity index is 2.22. The van der Waals surface area contributed by atoms with Crippen LogP contribution in [-0.2, 0) is 0 Å². The smallest absolute Gasteiger partial charge is 0.233 e. The largest absolute Gasteiger partial charge is 0.477 e. The van der Waals surface area contributed by atoms with E-state index in [1.165, 1.54) is 0 Å². The summed E-state index contributed by atoms with van der Waals surface area (Å²) in [5.74, 6) is 0.636. The molecule has 0 radical (unpaired) electrons. The van der Waals surface area contributed by atoms with Crippen molar-refractivity contribution >= 4 is 23.2 Å². The van der Waals surface area contributed by atoms with Gasteiger partial charge in [-0.2, -0.15) is 0 Å². The van der Waals surface area contributed by atoms with Gasteiger partial charge in [-0.3, -0.25) is 0 Å². The van der Waals surface area contributed by atoms with Gasteiger partial charge in [-0.15, -0.1) is 5.10 Å². The highest BCUT2D eigenvalue weighted by atomic mass is 35.5. The minimum Gasteiger partial charge on any atom is -0.477 e. The maximum absolute atomic E-state index is 6.02. The lowest BCUT2D eigenvalue weighted by Gasteiger charge is -2.05. The summed E-state index contributed by atoms with van der Waals surface area (Å²) in [6, 6.07) is 7.35. The van der Waals surface area contributed by atoms with Gasteiger partial charge < -0.3 is 4.74 Å². The van der Waals surface area contributed by atoms with Crippen LogP contribution in [0.5, 0.6) is 5.88 Å². The van der Waals surface area contributed by atoms with Crippen LogP contribution < -0.4 is 4.74 Å². The molecule has 0 spiro atoms. The summed E-state index contributed by atoms with van der Waals surface area (Å²) >= 11 is 11.9. The maximum Gasteiger partial charge on any atom is 0.233 e. The highest BCUT2D eigenvalue weighted by Gasteiger charge is 2.08. The first-order chi connectivity index (χ1) is 9.11. The van der Waals surface area contributed by atoms with Crippen molar-refractivity contribution in [3.63, 3.8) is 0 Å². The molecule has 3 nitrogen and oxygen atoms in total. The second-order valence-corrected chi connectivity index (χ2v) is 5.15. The standard InChI is InChI=1S/C14H16Cl2N2O/c1-3-4-7-19-14-8-10(2)18(17-14)11-5-6-12(15)13(16)9-11/h5-6,8-9H,3-4,7H2,1-2H3. The summed E-state index contributed by atoms with van der Waals surface area (Å²) in [6.07, 6.45) is 2.13. The van der Waals surface area contributed by atoms with E-state index >= 15 is 0 Å². The number of hydrogen-bond donors (Lipinski definition) is 0. The van der Waals surface area contributed by atoms with E-state index in [2.05, 4.69) is 12.0 Å². The van der Waals surface area contributed by atoms with Gasteiger partial charge in [-0.25, -0.2) is 4.68 Å². The Labute approximate surface area is 123 Å². The fourth-order valence-electron chi connectivity index (χ4n) is 1.72. The summed E-state index contributed by atoms with van der Waals surface area (Å²) in [4.78, 5) is 0. The monoisotopic (exact) mass is 298 g/mol. The van der Waals surface area contributed by atoms with Crippen molar-refractivity contribution in [1.82, 2.24) is 9.78 Å². The first kappa shape index (κ1) is 14.2. The molecule has 1 aromatic heterocycles. The molecule has 0 fully saturated rings. The number of ether oxygens (including phenoxy) is 1. The average Bonchev–Trinajstić information content (AvgIpc) is 2.74. The fraction of sp³-hybridized carbons (Fsp3) is 0.357. The third-order valence-corrected chi connectivity index (χ3v) is 3.50. The van der Waals surface area contributed by atoms with Gasteiger partial charge >= 0.3 is 0 Å². The molecular weight excluding hydrogens is 283 g/mol. The van der Waals surface area contributed by atoms with Crippen LogP contribution in [-0.4, -0.2) is 16.4 Å². The molecule has 0 saturated heterocycles. The highest BCUT2D eigenvalue weighted by Crippen LogP contribution is 2.25. The molecule has 102 valence electrons. The van der Waals surface area contributed by atoms with Crippen LogP contribution in [0.3, 0.4) is 0 Å². The molecule has 0 aliphatic rings. The van der Waals surface area contributed by atoms with Gasteiger partial charge in [-0.05, 0) is 31.5 Å². The van der Waals surface area contributed by atoms with Crippen molar-refractivity contribution in [1.29, 1.82) is 0 Å². The number of halogens is 2. The Bertz CT molecular complexity index is 567. The number of hydrogen-bond acceptors (Lipinski definition) is 2. The van der Waals surface area contributed by atoms with Gasteiger partial charge in [0, 0.05) is 11.8 Å². The van der Waals surface area contributed by atoms with Crippen LogP contribution in [0.25, 0.3) is 5.69 Å². The normalized spacial score (nSPS) is 10.7. The van der Waals surface area contributed by atoms with Gasteiger partial charge in [0.1, 0.15) is 0 Å². The molecular formula is C14H16Cl2N2O. The Morgan fingerprint density at radius 2 is 2.00 bits per heavy atom. The minimum atomic E-state index is 0.516. The Hall–Kier alpha value is -1.19. The van der Waals surface area contributed by atoms with Gasteiger partial charge in [-0.1, -0.05) is 36.5 Å². The topological polar surface area (TPSA) is 27.1 Å². The van der Waals surface area contributed by atoms with E-state index in [0.717, 1.165) is 24.2 Å². The number of unbranched alkanes of at least 4 members (excludes halogenated alkanes) is 1. The first-order valence-corrected chi connectivity index (χ1v) is 7.02. The third kappa shape index (κ3) is 3.43. The van der Waals surface area contributed by atoms with E-state index in [4.69, 9.17) is 27.9 Å². The van der Waals surface area contributed by atoms with E-state index in [1.54, 1.807) is 16.8 Å². The van der Waals surface area contributed by atoms with Crippen molar-refractivity contribution in [3.05, 3.63) is 40.0 Å². The van der Waals surface area contributed by atoms with Crippen LogP contribution in [0.2, 0.25) is 10.0 Å². The van der Waals surface area contributed by atoms with Crippen LogP contribution >= 0.6 is 23.2 Å². The molecule has 0 N–H and O–H groups in total. The molecule has 0 aliphatic carbocycles. The molecule has 0 aliphatic heterocycles. The number of aryl methyl sites for hydroxylation is 1. The molecule has 0 unspecified atom stereocenters. The fourth-order valence-corrected chi connectivity index (χ4v) is 2.01. The number of nitrogens with zero attached hydrogens (tertiary/aromatic N) is 2. The second kappa shape index (κ2) is 6.31. The zero-order valence-corrected chi connectivity index (χ0v) is 12.5. The highest BCUT2D eigenvalue weighted by molar-refractivity contribution is 6.42. The van der Waals surface area contributed by atoms with E-state index in [-0.39, 0.29) is 0 Å². The first-order valence-electron chi connectivity index (χ1n) is 6.26. The third-order valence-electron chi connectivity index (χ3n) is 2.76. The summed E-state index contributed by atoms with van der Waals surface area (Å²) in [5.41, 5.74) is 1.86. The van der Waals surface area contributed by atoms with Crippen molar-refractivity contribution in [2.24, 2.45) is 0 Å². The molecule has 19 heavy (non-hydrogen) atoms. The van der Waals surface area contributed by atoms with Gasteiger partial charge in [0.15, 0.2) is 0 Å². The van der Waals surface area contributed by atoms with Crippen molar-refractivity contribution in [3.8, 4) is 11.6 Å². The quantitative estimate of drug-likeness (QED) is 0.750. The number of rotatable bonds is 5. The van der Waals surface area contributed by atoms with Crippen molar-refractivity contribution in [2.75, 3.05) is 6.61 Å². The average molecular weight is 299 g/mol. The zero-order chi connectivity index (χ0) is 13.8. The number of benzene rings is 1. The zero-order valence-electron chi connectivity index (χ0n) is 11.0. The lowest BCUT2D eigenvalue weighted by atomic mass is 10.3. The van der Waals surface area contributed by atoms with Gasteiger partial charge in [0.25, 0.3) is 0 Å². The molecule has 0 bridgehead atoms. The van der Waals surface area contributed by atoms with Crippen LogP contribution in [0.1, 0.15) is 25.5 Å². The minimum absolute atomic E-state index is 0.516. The molecule has 0 atom stereocenters. The van der Waals surface area contributed by atoms with E-state index in [0.29, 0.717) is 22.5 Å². The van der Waals surface area contributed by atoms with Gasteiger partial charge in [0.05, 0.1) is 22.3 Å². The van der Waals surface area contributed by atoms with Crippen LogP contribution in [0.15, 0.2) is 24.3 Å². The summed E-state index contributed by atoms with van der Waals surface area (Å²) in [6.45, 7) is 4.79. The van der Waals surface area contributed by atoms with Crippen LogP contribution in [0.4, 0.5) is 0 Å².